The molecule has 2 rings (SSSR count). The summed E-state index contributed by atoms with van der Waals surface area (Å²) in [5.74, 6) is 0.463. The Morgan fingerprint density at radius 3 is 2.73 bits per heavy atom. The highest BCUT2D eigenvalue weighted by atomic mass is 32.2. The first-order chi connectivity index (χ1) is 14.4. The third kappa shape index (κ3) is 7.47. The number of anilines is 1. The van der Waals surface area contributed by atoms with E-state index in [9.17, 15) is 13.2 Å². The van der Waals surface area contributed by atoms with Gasteiger partial charge in [0.15, 0.2) is 0 Å². The van der Waals surface area contributed by atoms with Crippen LogP contribution in [0.2, 0.25) is 0 Å². The minimum absolute atomic E-state index is 0.0332. The summed E-state index contributed by atoms with van der Waals surface area (Å²) in [6, 6.07) is 7.69. The lowest BCUT2D eigenvalue weighted by Crippen LogP contribution is -2.40. The van der Waals surface area contributed by atoms with Crippen LogP contribution in [-0.4, -0.2) is 64.8 Å². The van der Waals surface area contributed by atoms with Crippen LogP contribution < -0.4 is 14.4 Å². The van der Waals surface area contributed by atoms with Crippen LogP contribution in [0.5, 0.6) is 5.75 Å². The Kier molecular flexibility index (Phi) is 9.91. The summed E-state index contributed by atoms with van der Waals surface area (Å²) in [7, 11) is -1.96. The van der Waals surface area contributed by atoms with Gasteiger partial charge in [-0.1, -0.05) is 25.5 Å². The molecule has 1 heterocycles. The average Bonchev–Trinajstić information content (AvgIpc) is 2.73. The monoisotopic (exact) mass is 439 g/mol. The van der Waals surface area contributed by atoms with Gasteiger partial charge in [-0.15, -0.1) is 0 Å². The number of carbonyl (C=O) groups excluding carboxylic acids is 1. The van der Waals surface area contributed by atoms with Gasteiger partial charge in [-0.2, -0.15) is 0 Å². The van der Waals surface area contributed by atoms with E-state index in [1.54, 1.807) is 24.3 Å². The maximum atomic E-state index is 12.3. The van der Waals surface area contributed by atoms with Crippen LogP contribution >= 0.6 is 0 Å². The van der Waals surface area contributed by atoms with Crippen molar-refractivity contribution in [3.63, 3.8) is 0 Å². The van der Waals surface area contributed by atoms with Crippen LogP contribution in [-0.2, 0) is 14.8 Å². The molecule has 1 unspecified atom stereocenters. The van der Waals surface area contributed by atoms with Gasteiger partial charge in [-0.25, -0.2) is 8.42 Å². The first-order valence-corrected chi connectivity index (χ1v) is 12.8. The van der Waals surface area contributed by atoms with Crippen molar-refractivity contribution in [2.45, 2.75) is 57.9 Å². The summed E-state index contributed by atoms with van der Waals surface area (Å²) < 4.78 is 31.1. The number of benzene rings is 1. The molecule has 0 aromatic heterocycles. The number of sulfonamides is 1. The number of hydrogen-bond donors (Lipinski definition) is 1. The molecule has 1 aliphatic rings. The first kappa shape index (κ1) is 24.5. The zero-order valence-electron chi connectivity index (χ0n) is 18.6. The zero-order chi connectivity index (χ0) is 22.0. The van der Waals surface area contributed by atoms with Crippen molar-refractivity contribution < 1.29 is 17.9 Å². The van der Waals surface area contributed by atoms with Gasteiger partial charge in [0.2, 0.25) is 15.9 Å². The van der Waals surface area contributed by atoms with Gasteiger partial charge in [-0.05, 0) is 50.8 Å². The van der Waals surface area contributed by atoms with E-state index in [4.69, 9.17) is 4.74 Å². The summed E-state index contributed by atoms with van der Waals surface area (Å²) in [4.78, 5) is 14.7. The predicted octanol–water partition coefficient (Wildman–Crippen LogP) is 3.01. The molecular formula is C22H37N3O4S. The topological polar surface area (TPSA) is 79.0 Å². The molecule has 8 heteroatoms. The maximum Gasteiger partial charge on any atom is 0.232 e. The Morgan fingerprint density at radius 2 is 2.03 bits per heavy atom. The van der Waals surface area contributed by atoms with Gasteiger partial charge in [0, 0.05) is 32.1 Å². The second-order valence-electron chi connectivity index (χ2n) is 7.91. The molecule has 1 aromatic rings. The number of methoxy groups -OCH3 is 1. The predicted molar refractivity (Wildman–Crippen MR) is 122 cm³/mol. The molecule has 1 aromatic carbocycles. The third-order valence-corrected chi connectivity index (χ3v) is 6.86. The van der Waals surface area contributed by atoms with E-state index in [2.05, 4.69) is 17.1 Å². The molecule has 170 valence electrons. The molecule has 0 aliphatic carbocycles. The Balaban J connectivity index is 1.75. The normalized spacial score (nSPS) is 17.5. The fourth-order valence-electron chi connectivity index (χ4n) is 4.10. The molecule has 0 radical (unpaired) electrons. The molecule has 0 spiro atoms. The van der Waals surface area contributed by atoms with Gasteiger partial charge in [0.05, 0.1) is 19.1 Å². The molecular weight excluding hydrogens is 402 g/mol. The number of piperidine rings is 1. The number of nitrogens with zero attached hydrogens (tertiary/aromatic N) is 2. The molecule has 30 heavy (non-hydrogen) atoms. The van der Waals surface area contributed by atoms with E-state index in [0.29, 0.717) is 36.9 Å². The highest BCUT2D eigenvalue weighted by Crippen LogP contribution is 2.29. The third-order valence-electron chi connectivity index (χ3n) is 5.68. The Hall–Kier alpha value is -1.80. The second-order valence-corrected chi connectivity index (χ2v) is 9.81. The maximum absolute atomic E-state index is 12.3. The van der Waals surface area contributed by atoms with Crippen molar-refractivity contribution in [1.29, 1.82) is 0 Å². The van der Waals surface area contributed by atoms with Crippen molar-refractivity contribution in [2.75, 3.05) is 43.8 Å². The molecule has 1 saturated heterocycles. The lowest BCUT2D eigenvalue weighted by Gasteiger charge is -2.35. The summed E-state index contributed by atoms with van der Waals surface area (Å²) in [5, 5.41) is 2.97. The smallest absolute Gasteiger partial charge is 0.232 e. The molecule has 7 nitrogen and oxygen atoms in total. The Bertz CT molecular complexity index is 769. The second kappa shape index (κ2) is 12.2. The fraction of sp³-hybridized carbons (Fsp3) is 0.682. The SMILES string of the molecule is CCC1CCCCN1CCCNC(=O)CCCN(c1ccccc1OC)S(C)(=O)=O. The zero-order valence-corrected chi connectivity index (χ0v) is 19.4. The largest absolute Gasteiger partial charge is 0.495 e. The molecule has 1 amide bonds. The quantitative estimate of drug-likeness (QED) is 0.507. The van der Waals surface area contributed by atoms with Crippen LogP contribution in [0.3, 0.4) is 0 Å². The number of nitrogens with one attached hydrogen (secondary N) is 1. The fourth-order valence-corrected chi connectivity index (χ4v) is 5.07. The average molecular weight is 440 g/mol. The van der Waals surface area contributed by atoms with E-state index in [-0.39, 0.29) is 12.5 Å². The van der Waals surface area contributed by atoms with Crippen LogP contribution in [0.15, 0.2) is 24.3 Å². The van der Waals surface area contributed by atoms with E-state index < -0.39 is 10.0 Å². The van der Waals surface area contributed by atoms with Crippen molar-refractivity contribution in [2.24, 2.45) is 0 Å². The lowest BCUT2D eigenvalue weighted by molar-refractivity contribution is -0.121. The number of ether oxygens (including phenoxy) is 1. The molecule has 1 aliphatic heterocycles. The van der Waals surface area contributed by atoms with Gasteiger partial charge >= 0.3 is 0 Å². The molecule has 0 bridgehead atoms. The molecule has 1 N–H and O–H groups in total. The molecule has 0 saturated carbocycles. The molecule has 1 fully saturated rings. The van der Waals surface area contributed by atoms with Gasteiger partial charge in [0.1, 0.15) is 5.75 Å². The minimum atomic E-state index is -3.47. The summed E-state index contributed by atoms with van der Waals surface area (Å²) in [5.41, 5.74) is 0.495. The van der Waals surface area contributed by atoms with Crippen molar-refractivity contribution in [3.8, 4) is 5.75 Å². The number of para-hydroxylation sites is 2. The van der Waals surface area contributed by atoms with Gasteiger partial charge in [-0.3, -0.25) is 9.10 Å². The number of amides is 1. The van der Waals surface area contributed by atoms with Crippen LogP contribution in [0.4, 0.5) is 5.69 Å². The summed E-state index contributed by atoms with van der Waals surface area (Å²) >= 11 is 0. The lowest BCUT2D eigenvalue weighted by atomic mass is 10.00. The highest BCUT2D eigenvalue weighted by Gasteiger charge is 2.21. The van der Waals surface area contributed by atoms with E-state index in [1.165, 1.54) is 43.4 Å². The number of carbonyl (C=O) groups is 1. The summed E-state index contributed by atoms with van der Waals surface area (Å²) in [6.07, 6.45) is 7.92. The van der Waals surface area contributed by atoms with Crippen molar-refractivity contribution >= 4 is 21.6 Å². The van der Waals surface area contributed by atoms with Gasteiger partial charge in [0.25, 0.3) is 0 Å². The van der Waals surface area contributed by atoms with E-state index in [0.717, 1.165) is 19.5 Å². The highest BCUT2D eigenvalue weighted by molar-refractivity contribution is 7.92. The summed E-state index contributed by atoms with van der Waals surface area (Å²) in [6.45, 7) is 5.33. The van der Waals surface area contributed by atoms with Crippen LogP contribution in [0.25, 0.3) is 0 Å². The molecule has 1 atom stereocenters. The van der Waals surface area contributed by atoms with Crippen molar-refractivity contribution in [1.82, 2.24) is 10.2 Å². The minimum Gasteiger partial charge on any atom is -0.495 e. The first-order valence-electron chi connectivity index (χ1n) is 11.0. The Labute approximate surface area is 181 Å². The van der Waals surface area contributed by atoms with E-state index >= 15 is 0 Å². The van der Waals surface area contributed by atoms with E-state index in [1.807, 2.05) is 0 Å². The van der Waals surface area contributed by atoms with Crippen molar-refractivity contribution in [3.05, 3.63) is 24.3 Å². The standard InChI is InChI=1S/C22H37N3O4S/c1-4-19-11-7-8-16-24(19)17-10-15-23-22(26)14-9-18-25(30(3,27)28)20-12-5-6-13-21(20)29-2/h5-6,12-13,19H,4,7-11,14-18H2,1-3H3,(H,23,26). The number of rotatable bonds is 12. The van der Waals surface area contributed by atoms with Crippen LogP contribution in [0.1, 0.15) is 51.9 Å². The van der Waals surface area contributed by atoms with Gasteiger partial charge < -0.3 is 15.0 Å². The number of likely N-dealkylation sites (tertiary alicyclic amines) is 1. The van der Waals surface area contributed by atoms with Crippen LogP contribution in [0, 0.1) is 0 Å². The number of hydrogen-bond acceptors (Lipinski definition) is 5. The Morgan fingerprint density at radius 1 is 1.27 bits per heavy atom.